The Balaban J connectivity index is 1.48. The van der Waals surface area contributed by atoms with Crippen LogP contribution in [0.3, 0.4) is 0 Å². The minimum atomic E-state index is -0.178. The second-order valence-electron chi connectivity index (χ2n) is 7.29. The van der Waals surface area contributed by atoms with Crippen molar-refractivity contribution in [3.63, 3.8) is 0 Å². The van der Waals surface area contributed by atoms with E-state index in [4.69, 9.17) is 4.52 Å². The maximum atomic E-state index is 12.9. The molecule has 158 valence electrons. The number of carbonyl (C=O) groups excluding carboxylic acids is 1. The molecular weight excluding hydrogens is 410 g/mol. The number of aromatic nitrogens is 4. The van der Waals surface area contributed by atoms with E-state index < -0.39 is 0 Å². The van der Waals surface area contributed by atoms with Crippen molar-refractivity contribution in [3.8, 4) is 5.82 Å². The Hall–Kier alpha value is -3.39. The van der Waals surface area contributed by atoms with Gasteiger partial charge in [0.05, 0.1) is 28.8 Å². The van der Waals surface area contributed by atoms with Crippen molar-refractivity contribution >= 4 is 23.4 Å². The number of pyridine rings is 1. The lowest BCUT2D eigenvalue weighted by Crippen LogP contribution is -2.13. The molecule has 0 atom stereocenters. The number of rotatable bonds is 6. The number of amides is 1. The van der Waals surface area contributed by atoms with Crippen LogP contribution >= 0.6 is 11.8 Å². The van der Waals surface area contributed by atoms with Crippen LogP contribution < -0.4 is 5.32 Å². The highest BCUT2D eigenvalue weighted by molar-refractivity contribution is 7.98. The average molecular weight is 434 g/mol. The lowest BCUT2D eigenvalue weighted by molar-refractivity contribution is 0.102. The fourth-order valence-corrected chi connectivity index (χ4v) is 4.49. The first-order valence-electron chi connectivity index (χ1n) is 9.87. The van der Waals surface area contributed by atoms with Crippen LogP contribution in [0.25, 0.3) is 5.82 Å². The number of hydrogen-bond donors (Lipinski definition) is 1. The molecule has 0 bridgehead atoms. The van der Waals surface area contributed by atoms with Gasteiger partial charge in [0, 0.05) is 21.9 Å². The maximum absolute atomic E-state index is 12.9. The number of hydrogen-bond acceptors (Lipinski definition) is 6. The third-order valence-corrected chi connectivity index (χ3v) is 6.02. The van der Waals surface area contributed by atoms with E-state index in [1.807, 2.05) is 70.2 Å². The quantitative estimate of drug-likeness (QED) is 0.429. The highest BCUT2D eigenvalue weighted by Gasteiger charge is 2.15. The molecule has 1 aromatic carbocycles. The molecule has 7 nitrogen and oxygen atoms in total. The summed E-state index contributed by atoms with van der Waals surface area (Å²) in [4.78, 5) is 18.3. The summed E-state index contributed by atoms with van der Waals surface area (Å²) in [6, 6.07) is 13.2. The van der Waals surface area contributed by atoms with E-state index in [0.29, 0.717) is 22.8 Å². The van der Waals surface area contributed by atoms with Gasteiger partial charge in [-0.15, -0.1) is 11.8 Å². The number of aryl methyl sites for hydroxylation is 4. The lowest BCUT2D eigenvalue weighted by Gasteiger charge is -2.10. The van der Waals surface area contributed by atoms with Gasteiger partial charge < -0.3 is 9.84 Å². The van der Waals surface area contributed by atoms with Crippen molar-refractivity contribution in [2.24, 2.45) is 0 Å². The monoisotopic (exact) mass is 433 g/mol. The topological polar surface area (TPSA) is 85.8 Å². The minimum absolute atomic E-state index is 0.178. The molecular formula is C23H23N5O2S. The maximum Gasteiger partial charge on any atom is 0.256 e. The van der Waals surface area contributed by atoms with Crippen LogP contribution in [0.5, 0.6) is 0 Å². The standard InChI is InChI=1S/C23H23N5O2S/c1-14-11-15(2)28(26-14)22-10-9-18(12-24-22)25-23(29)19-7-5-6-8-21(19)31-13-20-16(3)27-30-17(20)4/h5-12H,13H2,1-4H3,(H,25,29). The van der Waals surface area contributed by atoms with Crippen molar-refractivity contribution in [2.75, 3.05) is 5.32 Å². The van der Waals surface area contributed by atoms with Crippen molar-refractivity contribution < 1.29 is 9.32 Å². The Kier molecular flexibility index (Phi) is 5.90. The first-order chi connectivity index (χ1) is 14.9. The Labute approximate surface area is 184 Å². The highest BCUT2D eigenvalue weighted by Crippen LogP contribution is 2.29. The van der Waals surface area contributed by atoms with Crippen LogP contribution in [0.15, 0.2) is 58.1 Å². The summed E-state index contributed by atoms with van der Waals surface area (Å²) < 4.78 is 7.01. The van der Waals surface area contributed by atoms with Gasteiger partial charge >= 0.3 is 0 Å². The van der Waals surface area contributed by atoms with E-state index in [2.05, 4.69) is 20.6 Å². The van der Waals surface area contributed by atoms with E-state index in [9.17, 15) is 4.79 Å². The van der Waals surface area contributed by atoms with Gasteiger partial charge in [-0.1, -0.05) is 17.3 Å². The number of nitrogens with zero attached hydrogens (tertiary/aromatic N) is 4. The molecule has 0 saturated heterocycles. The number of carbonyl (C=O) groups is 1. The molecule has 3 aromatic heterocycles. The minimum Gasteiger partial charge on any atom is -0.361 e. The van der Waals surface area contributed by atoms with E-state index in [0.717, 1.165) is 33.3 Å². The van der Waals surface area contributed by atoms with Crippen molar-refractivity contribution in [1.29, 1.82) is 0 Å². The zero-order chi connectivity index (χ0) is 22.0. The van der Waals surface area contributed by atoms with E-state index >= 15 is 0 Å². The van der Waals surface area contributed by atoms with E-state index in [1.165, 1.54) is 0 Å². The largest absolute Gasteiger partial charge is 0.361 e. The summed E-state index contributed by atoms with van der Waals surface area (Å²) in [5, 5.41) is 11.4. The Morgan fingerprint density at radius 3 is 2.58 bits per heavy atom. The molecule has 31 heavy (non-hydrogen) atoms. The molecule has 1 N–H and O–H groups in total. The Morgan fingerprint density at radius 2 is 1.94 bits per heavy atom. The summed E-state index contributed by atoms with van der Waals surface area (Å²) in [6.07, 6.45) is 1.64. The van der Waals surface area contributed by atoms with Gasteiger partial charge in [-0.3, -0.25) is 4.79 Å². The molecule has 0 aliphatic carbocycles. The summed E-state index contributed by atoms with van der Waals surface area (Å²) in [7, 11) is 0. The molecule has 8 heteroatoms. The predicted octanol–water partition coefficient (Wildman–Crippen LogP) is 5.03. The average Bonchev–Trinajstić information content (AvgIpc) is 3.27. The SMILES string of the molecule is Cc1cc(C)n(-c2ccc(NC(=O)c3ccccc3SCc3c(C)noc3C)cn2)n1. The molecule has 0 unspecified atom stereocenters. The number of nitrogens with one attached hydrogen (secondary N) is 1. The van der Waals surface area contributed by atoms with Gasteiger partial charge in [-0.05, 0) is 58.0 Å². The molecule has 0 saturated carbocycles. The number of anilines is 1. The van der Waals surface area contributed by atoms with Crippen LogP contribution in [0, 0.1) is 27.7 Å². The summed E-state index contributed by atoms with van der Waals surface area (Å²) in [5.74, 6) is 2.02. The predicted molar refractivity (Wildman–Crippen MR) is 121 cm³/mol. The van der Waals surface area contributed by atoms with E-state index in [1.54, 1.807) is 22.6 Å². The Bertz CT molecular complexity index is 1210. The van der Waals surface area contributed by atoms with Crippen molar-refractivity contribution in [2.45, 2.75) is 38.3 Å². The molecule has 0 aliphatic heterocycles. The van der Waals surface area contributed by atoms with Gasteiger partial charge in [0.25, 0.3) is 5.91 Å². The van der Waals surface area contributed by atoms with Gasteiger partial charge in [0.1, 0.15) is 5.76 Å². The molecule has 0 aliphatic rings. The fourth-order valence-electron chi connectivity index (χ4n) is 3.28. The van der Waals surface area contributed by atoms with E-state index in [-0.39, 0.29) is 5.91 Å². The van der Waals surface area contributed by atoms with Crippen LogP contribution in [0.1, 0.15) is 38.8 Å². The Morgan fingerprint density at radius 1 is 1.13 bits per heavy atom. The zero-order valence-electron chi connectivity index (χ0n) is 17.8. The molecule has 4 rings (SSSR count). The van der Waals surface area contributed by atoms with Crippen molar-refractivity contribution in [3.05, 3.63) is 82.6 Å². The molecule has 0 radical (unpaired) electrons. The lowest BCUT2D eigenvalue weighted by atomic mass is 10.2. The molecule has 3 heterocycles. The first-order valence-corrected chi connectivity index (χ1v) is 10.9. The normalized spacial score (nSPS) is 11.0. The van der Waals surface area contributed by atoms with Crippen LogP contribution in [-0.2, 0) is 5.75 Å². The summed E-state index contributed by atoms with van der Waals surface area (Å²) in [6.45, 7) is 7.75. The fraction of sp³-hybridized carbons (Fsp3) is 0.217. The third kappa shape index (κ3) is 4.54. The van der Waals surface area contributed by atoms with Gasteiger partial charge in [0.2, 0.25) is 0 Å². The van der Waals surface area contributed by atoms with Crippen LogP contribution in [0.4, 0.5) is 5.69 Å². The zero-order valence-corrected chi connectivity index (χ0v) is 18.7. The number of thioether (sulfide) groups is 1. The second kappa shape index (κ2) is 8.77. The van der Waals surface area contributed by atoms with Gasteiger partial charge in [0.15, 0.2) is 5.82 Å². The molecule has 4 aromatic rings. The first kappa shape index (κ1) is 20.9. The number of benzene rings is 1. The van der Waals surface area contributed by atoms with Crippen LogP contribution in [0.2, 0.25) is 0 Å². The highest BCUT2D eigenvalue weighted by atomic mass is 32.2. The molecule has 1 amide bonds. The molecule has 0 fully saturated rings. The summed E-state index contributed by atoms with van der Waals surface area (Å²) in [5.41, 5.74) is 5.11. The smallest absolute Gasteiger partial charge is 0.256 e. The summed E-state index contributed by atoms with van der Waals surface area (Å²) >= 11 is 1.59. The van der Waals surface area contributed by atoms with Crippen molar-refractivity contribution in [1.82, 2.24) is 19.9 Å². The van der Waals surface area contributed by atoms with Gasteiger partial charge in [-0.2, -0.15) is 5.10 Å². The second-order valence-corrected chi connectivity index (χ2v) is 8.30. The van der Waals surface area contributed by atoms with Crippen LogP contribution in [-0.4, -0.2) is 25.8 Å². The third-order valence-electron chi connectivity index (χ3n) is 4.92. The molecule has 0 spiro atoms. The van der Waals surface area contributed by atoms with Gasteiger partial charge in [-0.25, -0.2) is 9.67 Å².